The number of nitrogens with one attached hydrogen (secondary N) is 1. The molecule has 4 rings (SSSR count). The fourth-order valence-corrected chi connectivity index (χ4v) is 3.15. The number of imidazole rings is 1. The van der Waals surface area contributed by atoms with Crippen LogP contribution < -0.4 is 15.8 Å². The summed E-state index contributed by atoms with van der Waals surface area (Å²) in [5, 5.41) is 12.5. The molecule has 9 heteroatoms. The molecule has 1 atom stereocenters. The van der Waals surface area contributed by atoms with Crippen LogP contribution in [-0.4, -0.2) is 15.9 Å². The van der Waals surface area contributed by atoms with Gasteiger partial charge in [0.05, 0.1) is 16.6 Å². The number of fused-ring (bicyclic) bond motifs is 3. The minimum atomic E-state index is -4.77. The molecule has 1 aromatic heterocycles. The number of nitrogens with two attached hydrogens (primary N) is 1. The molecule has 0 radical (unpaired) electrons. The first-order valence-corrected chi connectivity index (χ1v) is 7.87. The highest BCUT2D eigenvalue weighted by Gasteiger charge is 2.33. The standard InChI is InChI=1S/C18H12F3N5O/c19-18(20,21)27-11-7-5-10(6-8-11)15-12(9-22)16(23)25-17-24-13-3-1-2-4-14(13)26(15)17/h1-8,15H,23H2,(H,24,25). The average molecular weight is 371 g/mol. The van der Waals surface area contributed by atoms with Crippen LogP contribution in [0.1, 0.15) is 11.6 Å². The fraction of sp³-hybridized carbons (Fsp3) is 0.111. The minimum absolute atomic E-state index is 0.154. The topological polar surface area (TPSA) is 88.9 Å². The molecule has 0 bridgehead atoms. The largest absolute Gasteiger partial charge is 0.573 e. The normalized spacial score (nSPS) is 16.6. The van der Waals surface area contributed by atoms with Crippen LogP contribution in [0.3, 0.4) is 0 Å². The quantitative estimate of drug-likeness (QED) is 0.718. The Kier molecular flexibility index (Phi) is 3.70. The summed E-state index contributed by atoms with van der Waals surface area (Å²) < 4.78 is 42.9. The van der Waals surface area contributed by atoms with Gasteiger partial charge >= 0.3 is 6.36 Å². The third-order valence-corrected chi connectivity index (χ3v) is 4.21. The van der Waals surface area contributed by atoms with E-state index in [4.69, 9.17) is 5.73 Å². The monoisotopic (exact) mass is 371 g/mol. The van der Waals surface area contributed by atoms with E-state index in [-0.39, 0.29) is 17.1 Å². The average Bonchev–Trinajstić information content (AvgIpc) is 2.97. The zero-order valence-electron chi connectivity index (χ0n) is 13.7. The molecule has 1 aliphatic heterocycles. The third kappa shape index (κ3) is 2.91. The van der Waals surface area contributed by atoms with Crippen LogP contribution in [0.5, 0.6) is 5.75 Å². The van der Waals surface area contributed by atoms with Gasteiger partial charge in [-0.2, -0.15) is 5.26 Å². The van der Waals surface area contributed by atoms with Crippen LogP contribution in [0.4, 0.5) is 19.1 Å². The van der Waals surface area contributed by atoms with Crippen LogP contribution in [0.25, 0.3) is 11.0 Å². The summed E-state index contributed by atoms with van der Waals surface area (Å²) >= 11 is 0. The zero-order valence-corrected chi connectivity index (χ0v) is 13.7. The summed E-state index contributed by atoms with van der Waals surface area (Å²) in [6.45, 7) is 0. The molecule has 0 fully saturated rings. The van der Waals surface area contributed by atoms with Crippen molar-refractivity contribution in [3.63, 3.8) is 0 Å². The molecule has 6 nitrogen and oxygen atoms in total. The van der Waals surface area contributed by atoms with Crippen LogP contribution in [0.15, 0.2) is 59.9 Å². The van der Waals surface area contributed by atoms with Gasteiger partial charge in [-0.25, -0.2) is 4.98 Å². The fourth-order valence-electron chi connectivity index (χ4n) is 3.15. The second-order valence-corrected chi connectivity index (χ2v) is 5.88. The van der Waals surface area contributed by atoms with Crippen molar-refractivity contribution in [2.24, 2.45) is 5.73 Å². The molecular weight excluding hydrogens is 359 g/mol. The maximum Gasteiger partial charge on any atom is 0.573 e. The molecule has 3 N–H and O–H groups in total. The van der Waals surface area contributed by atoms with Gasteiger partial charge in [0.25, 0.3) is 0 Å². The number of halogens is 3. The molecule has 2 heterocycles. The van der Waals surface area contributed by atoms with Gasteiger partial charge in [-0.1, -0.05) is 24.3 Å². The Labute approximate surface area is 151 Å². The smallest absolute Gasteiger partial charge is 0.406 e. The molecule has 136 valence electrons. The van der Waals surface area contributed by atoms with E-state index in [1.54, 1.807) is 4.57 Å². The predicted octanol–water partition coefficient (Wildman–Crippen LogP) is 3.64. The number of ether oxygens (including phenoxy) is 1. The Balaban J connectivity index is 1.85. The van der Waals surface area contributed by atoms with E-state index in [1.807, 2.05) is 24.3 Å². The van der Waals surface area contributed by atoms with Crippen LogP contribution in [0.2, 0.25) is 0 Å². The molecule has 3 aromatic rings. The van der Waals surface area contributed by atoms with Crippen molar-refractivity contribution >= 4 is 17.0 Å². The second-order valence-electron chi connectivity index (χ2n) is 5.88. The number of hydrogen-bond donors (Lipinski definition) is 2. The Morgan fingerprint density at radius 3 is 2.52 bits per heavy atom. The Bertz CT molecular complexity index is 1090. The van der Waals surface area contributed by atoms with Crippen molar-refractivity contribution in [3.8, 4) is 11.8 Å². The molecular formula is C18H12F3N5O. The first-order valence-electron chi connectivity index (χ1n) is 7.87. The summed E-state index contributed by atoms with van der Waals surface area (Å²) in [6.07, 6.45) is -4.77. The Morgan fingerprint density at radius 2 is 1.85 bits per heavy atom. The van der Waals surface area contributed by atoms with E-state index in [1.165, 1.54) is 24.3 Å². The Hall–Kier alpha value is -3.67. The number of allylic oxidation sites excluding steroid dienone is 1. The number of alkyl halides is 3. The lowest BCUT2D eigenvalue weighted by Gasteiger charge is -2.27. The van der Waals surface area contributed by atoms with Crippen LogP contribution in [0, 0.1) is 11.3 Å². The molecule has 27 heavy (non-hydrogen) atoms. The molecule has 0 spiro atoms. The number of rotatable bonds is 2. The number of benzene rings is 2. The molecule has 0 aliphatic carbocycles. The minimum Gasteiger partial charge on any atom is -0.406 e. The van der Waals surface area contributed by atoms with Crippen molar-refractivity contribution in [2.75, 3.05) is 5.32 Å². The van der Waals surface area contributed by atoms with Gasteiger partial charge in [-0.15, -0.1) is 13.2 Å². The molecule has 2 aromatic carbocycles. The molecule has 1 aliphatic rings. The summed E-state index contributed by atoms with van der Waals surface area (Å²) in [6, 6.07) is 14.1. The van der Waals surface area contributed by atoms with E-state index in [0.29, 0.717) is 17.0 Å². The molecule has 0 amide bonds. The summed E-state index contributed by atoms with van der Waals surface area (Å²) in [5.41, 5.74) is 8.28. The van der Waals surface area contributed by atoms with E-state index >= 15 is 0 Å². The van der Waals surface area contributed by atoms with E-state index in [9.17, 15) is 18.4 Å². The lowest BCUT2D eigenvalue weighted by Crippen LogP contribution is -2.27. The number of anilines is 1. The number of nitrogens with zero attached hydrogens (tertiary/aromatic N) is 3. The molecule has 1 unspecified atom stereocenters. The number of para-hydroxylation sites is 2. The highest BCUT2D eigenvalue weighted by molar-refractivity contribution is 5.80. The van der Waals surface area contributed by atoms with Crippen molar-refractivity contribution in [2.45, 2.75) is 12.4 Å². The Morgan fingerprint density at radius 1 is 1.15 bits per heavy atom. The summed E-state index contributed by atoms with van der Waals surface area (Å²) in [4.78, 5) is 4.47. The lowest BCUT2D eigenvalue weighted by atomic mass is 9.97. The van der Waals surface area contributed by atoms with Gasteiger partial charge in [-0.3, -0.25) is 4.57 Å². The van der Waals surface area contributed by atoms with Crippen LogP contribution >= 0.6 is 0 Å². The van der Waals surface area contributed by atoms with Crippen molar-refractivity contribution < 1.29 is 17.9 Å². The van der Waals surface area contributed by atoms with E-state index in [2.05, 4.69) is 21.1 Å². The second kappa shape index (κ2) is 5.95. The third-order valence-electron chi connectivity index (χ3n) is 4.21. The number of nitriles is 1. The maximum absolute atomic E-state index is 12.4. The van der Waals surface area contributed by atoms with Crippen LogP contribution in [-0.2, 0) is 0 Å². The van der Waals surface area contributed by atoms with Gasteiger partial charge in [0, 0.05) is 0 Å². The van der Waals surface area contributed by atoms with Gasteiger partial charge in [-0.05, 0) is 29.8 Å². The van der Waals surface area contributed by atoms with E-state index in [0.717, 1.165) is 5.52 Å². The SMILES string of the molecule is N#CC1=C(N)Nc2nc3ccccc3n2C1c1ccc(OC(F)(F)F)cc1. The summed E-state index contributed by atoms with van der Waals surface area (Å²) in [5.74, 6) is 0.264. The number of aromatic nitrogens is 2. The first-order chi connectivity index (χ1) is 12.9. The highest BCUT2D eigenvalue weighted by Crippen LogP contribution is 2.38. The van der Waals surface area contributed by atoms with Crippen molar-refractivity contribution in [3.05, 3.63) is 65.5 Å². The zero-order chi connectivity index (χ0) is 19.2. The highest BCUT2D eigenvalue weighted by atomic mass is 19.4. The predicted molar refractivity (Wildman–Crippen MR) is 91.4 cm³/mol. The van der Waals surface area contributed by atoms with Gasteiger partial charge in [0.15, 0.2) is 0 Å². The first kappa shape index (κ1) is 16.8. The van der Waals surface area contributed by atoms with Gasteiger partial charge in [0.2, 0.25) is 5.95 Å². The van der Waals surface area contributed by atoms with Crippen molar-refractivity contribution in [1.82, 2.24) is 9.55 Å². The van der Waals surface area contributed by atoms with Gasteiger partial charge < -0.3 is 15.8 Å². The lowest BCUT2D eigenvalue weighted by molar-refractivity contribution is -0.274. The maximum atomic E-state index is 12.4. The van der Waals surface area contributed by atoms with Crippen molar-refractivity contribution in [1.29, 1.82) is 5.26 Å². The van der Waals surface area contributed by atoms with Gasteiger partial charge in [0.1, 0.15) is 23.7 Å². The van der Waals surface area contributed by atoms with E-state index < -0.39 is 12.4 Å². The molecule has 0 saturated heterocycles. The summed E-state index contributed by atoms with van der Waals surface area (Å²) in [7, 11) is 0. The molecule has 0 saturated carbocycles. The number of hydrogen-bond acceptors (Lipinski definition) is 5.